The van der Waals surface area contributed by atoms with Crippen LogP contribution in [0.2, 0.25) is 0 Å². The van der Waals surface area contributed by atoms with Crippen molar-refractivity contribution in [3.63, 3.8) is 0 Å². The Balaban J connectivity index is 2.17. The molecular formula is C13H9F4N3O. The molecule has 2 rings (SSSR count). The van der Waals surface area contributed by atoms with E-state index in [9.17, 15) is 22.4 Å². The second-order valence-corrected chi connectivity index (χ2v) is 4.03. The van der Waals surface area contributed by atoms with Gasteiger partial charge in [-0.3, -0.25) is 0 Å². The van der Waals surface area contributed by atoms with Crippen LogP contribution >= 0.6 is 0 Å². The highest BCUT2D eigenvalue weighted by Crippen LogP contribution is 2.25. The van der Waals surface area contributed by atoms with Crippen molar-refractivity contribution >= 4 is 23.1 Å². The maximum absolute atomic E-state index is 13.5. The number of hydrogen-bond donors (Lipinski definition) is 3. The zero-order valence-electron chi connectivity index (χ0n) is 10.4. The summed E-state index contributed by atoms with van der Waals surface area (Å²) in [5.74, 6) is -4.38. The number of urea groups is 1. The Labute approximate surface area is 116 Å². The number of anilines is 3. The van der Waals surface area contributed by atoms with Gasteiger partial charge in [-0.05, 0) is 24.3 Å². The summed E-state index contributed by atoms with van der Waals surface area (Å²) >= 11 is 0. The van der Waals surface area contributed by atoms with Crippen molar-refractivity contribution in [2.75, 3.05) is 16.4 Å². The zero-order valence-corrected chi connectivity index (χ0v) is 10.4. The number of nitrogen functional groups attached to an aromatic ring is 1. The van der Waals surface area contributed by atoms with Gasteiger partial charge in [-0.15, -0.1) is 0 Å². The van der Waals surface area contributed by atoms with Gasteiger partial charge in [0, 0.05) is 6.07 Å². The van der Waals surface area contributed by atoms with Crippen molar-refractivity contribution in [3.8, 4) is 0 Å². The van der Waals surface area contributed by atoms with E-state index in [1.54, 1.807) is 0 Å². The lowest BCUT2D eigenvalue weighted by atomic mass is 10.2. The van der Waals surface area contributed by atoms with Gasteiger partial charge in [0.1, 0.15) is 17.3 Å². The molecule has 0 heterocycles. The Kier molecular flexibility index (Phi) is 3.97. The number of benzene rings is 2. The average Bonchev–Trinajstić information content (AvgIpc) is 2.42. The van der Waals surface area contributed by atoms with Gasteiger partial charge in [0.2, 0.25) is 0 Å². The van der Waals surface area contributed by atoms with Crippen LogP contribution in [-0.2, 0) is 0 Å². The van der Waals surface area contributed by atoms with Crippen LogP contribution in [0.15, 0.2) is 30.3 Å². The van der Waals surface area contributed by atoms with E-state index in [0.717, 1.165) is 24.3 Å². The molecule has 0 aliphatic heterocycles. The third kappa shape index (κ3) is 3.22. The molecule has 8 heteroatoms. The largest absolute Gasteiger partial charge is 0.397 e. The summed E-state index contributed by atoms with van der Waals surface area (Å²) in [5.41, 5.74) is 4.30. The lowest BCUT2D eigenvalue weighted by Gasteiger charge is -2.11. The topological polar surface area (TPSA) is 67.1 Å². The molecule has 0 fully saturated rings. The second kappa shape index (κ2) is 5.70. The van der Waals surface area contributed by atoms with Gasteiger partial charge >= 0.3 is 6.03 Å². The molecule has 110 valence electrons. The Bertz CT molecular complexity index is 706. The summed E-state index contributed by atoms with van der Waals surface area (Å²) in [7, 11) is 0. The summed E-state index contributed by atoms with van der Waals surface area (Å²) in [6, 6.07) is 3.27. The number of carbonyl (C=O) groups excluding carboxylic acids is 1. The molecule has 0 aromatic heterocycles. The van der Waals surface area contributed by atoms with Crippen LogP contribution in [0.3, 0.4) is 0 Å². The minimum absolute atomic E-state index is 0.205. The first-order chi connectivity index (χ1) is 9.88. The number of nitrogens with two attached hydrogens (primary N) is 1. The lowest BCUT2D eigenvalue weighted by molar-refractivity contribution is 0.262. The van der Waals surface area contributed by atoms with Gasteiger partial charge in [-0.25, -0.2) is 22.4 Å². The third-order valence-electron chi connectivity index (χ3n) is 2.54. The smallest absolute Gasteiger partial charge is 0.323 e. The molecule has 0 saturated carbocycles. The van der Waals surface area contributed by atoms with Crippen LogP contribution in [0, 0.1) is 23.3 Å². The standard InChI is InChI=1S/C13H9F4N3O/c14-6-1-4-10(8(16)5-6)19-13(21)20-12-9(18)3-2-7(15)11(12)17/h1-5H,18H2,(H2,19,20,21). The van der Waals surface area contributed by atoms with Crippen molar-refractivity contribution in [3.05, 3.63) is 53.6 Å². The first-order valence-corrected chi connectivity index (χ1v) is 5.65. The molecule has 0 unspecified atom stereocenters. The van der Waals surface area contributed by atoms with Gasteiger partial charge in [0.25, 0.3) is 0 Å². The van der Waals surface area contributed by atoms with Crippen molar-refractivity contribution in [2.45, 2.75) is 0 Å². The van der Waals surface area contributed by atoms with Crippen LogP contribution in [0.25, 0.3) is 0 Å². The molecule has 4 nitrogen and oxygen atoms in total. The molecule has 0 aliphatic carbocycles. The number of rotatable bonds is 2. The Morgan fingerprint density at radius 1 is 0.952 bits per heavy atom. The van der Waals surface area contributed by atoms with Crippen molar-refractivity contribution in [1.29, 1.82) is 0 Å². The summed E-state index contributed by atoms with van der Waals surface area (Å²) < 4.78 is 52.6. The third-order valence-corrected chi connectivity index (χ3v) is 2.54. The fourth-order valence-electron chi connectivity index (χ4n) is 1.55. The van der Waals surface area contributed by atoms with E-state index in [2.05, 4.69) is 0 Å². The molecule has 0 radical (unpaired) electrons. The highest BCUT2D eigenvalue weighted by atomic mass is 19.2. The molecule has 0 spiro atoms. The fraction of sp³-hybridized carbons (Fsp3) is 0. The van der Waals surface area contributed by atoms with Crippen molar-refractivity contribution < 1.29 is 22.4 Å². The zero-order chi connectivity index (χ0) is 15.6. The van der Waals surface area contributed by atoms with Gasteiger partial charge < -0.3 is 16.4 Å². The predicted molar refractivity (Wildman–Crippen MR) is 69.8 cm³/mol. The number of nitrogens with one attached hydrogen (secondary N) is 2. The Hall–Kier alpha value is -2.77. The molecular weight excluding hydrogens is 290 g/mol. The number of carbonyl (C=O) groups is 1. The fourth-order valence-corrected chi connectivity index (χ4v) is 1.55. The molecule has 0 saturated heterocycles. The minimum Gasteiger partial charge on any atom is -0.397 e. The van der Waals surface area contributed by atoms with Crippen LogP contribution in [0.5, 0.6) is 0 Å². The van der Waals surface area contributed by atoms with Crippen LogP contribution in [0.1, 0.15) is 0 Å². The highest BCUT2D eigenvalue weighted by Gasteiger charge is 2.15. The SMILES string of the molecule is Nc1ccc(F)c(F)c1NC(=O)Nc1ccc(F)cc1F. The summed E-state index contributed by atoms with van der Waals surface area (Å²) in [6.45, 7) is 0. The Morgan fingerprint density at radius 3 is 2.33 bits per heavy atom. The molecule has 21 heavy (non-hydrogen) atoms. The molecule has 2 aromatic rings. The van der Waals surface area contributed by atoms with Crippen LogP contribution in [0.4, 0.5) is 39.4 Å². The summed E-state index contributed by atoms with van der Waals surface area (Å²) in [4.78, 5) is 11.6. The first-order valence-electron chi connectivity index (χ1n) is 5.65. The normalized spacial score (nSPS) is 10.3. The second-order valence-electron chi connectivity index (χ2n) is 4.03. The maximum Gasteiger partial charge on any atom is 0.323 e. The molecule has 0 bridgehead atoms. The minimum atomic E-state index is -1.34. The number of hydrogen-bond acceptors (Lipinski definition) is 2. The molecule has 2 aromatic carbocycles. The summed E-state index contributed by atoms with van der Waals surface area (Å²) in [6.07, 6.45) is 0. The van der Waals surface area contributed by atoms with E-state index in [1.807, 2.05) is 10.6 Å². The lowest BCUT2D eigenvalue weighted by Crippen LogP contribution is -2.22. The van der Waals surface area contributed by atoms with E-state index in [4.69, 9.17) is 5.73 Å². The monoisotopic (exact) mass is 299 g/mol. The quantitative estimate of drug-likeness (QED) is 0.587. The van der Waals surface area contributed by atoms with Crippen LogP contribution in [-0.4, -0.2) is 6.03 Å². The Morgan fingerprint density at radius 2 is 1.67 bits per heavy atom. The van der Waals surface area contributed by atoms with E-state index in [0.29, 0.717) is 6.07 Å². The first kappa shape index (κ1) is 14.6. The maximum atomic E-state index is 13.5. The molecule has 0 atom stereocenters. The van der Waals surface area contributed by atoms with E-state index in [-0.39, 0.29) is 11.4 Å². The van der Waals surface area contributed by atoms with Crippen molar-refractivity contribution in [1.82, 2.24) is 0 Å². The number of amides is 2. The number of halogens is 4. The molecule has 4 N–H and O–H groups in total. The molecule has 2 amide bonds. The van der Waals surface area contributed by atoms with Gasteiger partial charge in [-0.2, -0.15) is 0 Å². The highest BCUT2D eigenvalue weighted by molar-refractivity contribution is 6.01. The predicted octanol–water partition coefficient (Wildman–Crippen LogP) is 3.47. The van der Waals surface area contributed by atoms with Gasteiger partial charge in [-0.1, -0.05) is 0 Å². The molecule has 0 aliphatic rings. The van der Waals surface area contributed by atoms with Gasteiger partial charge in [0.15, 0.2) is 11.6 Å². The van der Waals surface area contributed by atoms with Gasteiger partial charge in [0.05, 0.1) is 11.4 Å². The van der Waals surface area contributed by atoms with E-state index >= 15 is 0 Å². The van der Waals surface area contributed by atoms with E-state index < -0.39 is 35.0 Å². The van der Waals surface area contributed by atoms with Crippen LogP contribution < -0.4 is 16.4 Å². The average molecular weight is 299 g/mol. The van der Waals surface area contributed by atoms with E-state index in [1.165, 1.54) is 0 Å². The summed E-state index contributed by atoms with van der Waals surface area (Å²) in [5, 5.41) is 3.98. The van der Waals surface area contributed by atoms with Crippen molar-refractivity contribution in [2.24, 2.45) is 0 Å².